The number of ether oxygens (including phenoxy) is 1. The summed E-state index contributed by atoms with van der Waals surface area (Å²) in [5, 5.41) is 19.7. The number of hydrogen-bond donors (Lipinski definition) is 1. The molecule has 1 N–H and O–H groups in total. The predicted octanol–water partition coefficient (Wildman–Crippen LogP) is 2.95. The van der Waals surface area contributed by atoms with Crippen molar-refractivity contribution in [3.63, 3.8) is 0 Å². The van der Waals surface area contributed by atoms with Gasteiger partial charge in [-0.05, 0) is 42.7 Å². The van der Waals surface area contributed by atoms with E-state index in [0.717, 1.165) is 5.56 Å². The van der Waals surface area contributed by atoms with Crippen LogP contribution in [0.2, 0.25) is 0 Å². The van der Waals surface area contributed by atoms with Crippen molar-refractivity contribution in [3.8, 4) is 6.07 Å². The average molecular weight is 368 g/mol. The highest BCUT2D eigenvalue weighted by Gasteiger charge is 2.52. The molecule has 3 aliphatic rings. The third-order valence-corrected chi connectivity index (χ3v) is 6.70. The molecule has 2 saturated heterocycles. The Labute approximate surface area is 160 Å². The van der Waals surface area contributed by atoms with Gasteiger partial charge in [-0.15, -0.1) is 0 Å². The molecule has 2 aliphatic heterocycles. The number of nitriles is 1. The van der Waals surface area contributed by atoms with E-state index in [1.165, 1.54) is 31.2 Å². The van der Waals surface area contributed by atoms with E-state index in [1.54, 1.807) is 4.90 Å². The lowest BCUT2D eigenvalue weighted by molar-refractivity contribution is -0.154. The van der Waals surface area contributed by atoms with E-state index in [0.29, 0.717) is 32.0 Å². The summed E-state index contributed by atoms with van der Waals surface area (Å²) in [7, 11) is 0. The van der Waals surface area contributed by atoms with E-state index in [-0.39, 0.29) is 30.4 Å². The van der Waals surface area contributed by atoms with Crippen molar-refractivity contribution in [1.82, 2.24) is 4.90 Å². The number of hydrogen-bond acceptors (Lipinski definition) is 4. The monoisotopic (exact) mass is 368 g/mol. The van der Waals surface area contributed by atoms with Gasteiger partial charge in [0, 0.05) is 25.0 Å². The molecule has 0 bridgehead atoms. The van der Waals surface area contributed by atoms with Gasteiger partial charge in [-0.1, -0.05) is 37.1 Å². The van der Waals surface area contributed by atoms with Gasteiger partial charge in [-0.25, -0.2) is 0 Å². The minimum Gasteiger partial charge on any atom is -0.394 e. The van der Waals surface area contributed by atoms with Gasteiger partial charge in [0.25, 0.3) is 0 Å². The molecule has 4 rings (SSSR count). The summed E-state index contributed by atoms with van der Waals surface area (Å²) >= 11 is 0. The smallest absolute Gasteiger partial charge is 0.227 e. The van der Waals surface area contributed by atoms with E-state index < -0.39 is 6.04 Å². The van der Waals surface area contributed by atoms with Gasteiger partial charge in [0.2, 0.25) is 5.91 Å². The number of benzene rings is 1. The van der Waals surface area contributed by atoms with Crippen molar-refractivity contribution < 1.29 is 14.6 Å². The highest BCUT2D eigenvalue weighted by atomic mass is 16.5. The van der Waals surface area contributed by atoms with Crippen molar-refractivity contribution in [3.05, 3.63) is 35.4 Å². The van der Waals surface area contributed by atoms with Crippen LogP contribution in [0.25, 0.3) is 0 Å². The van der Waals surface area contributed by atoms with E-state index in [4.69, 9.17) is 4.74 Å². The Hall–Kier alpha value is -1.90. The first-order chi connectivity index (χ1) is 13.2. The Morgan fingerprint density at radius 3 is 2.33 bits per heavy atom. The maximum absolute atomic E-state index is 12.9. The number of likely N-dealkylation sites (tertiary alicyclic amines) is 1. The van der Waals surface area contributed by atoms with Gasteiger partial charge in [-0.3, -0.25) is 4.79 Å². The molecule has 5 heteroatoms. The van der Waals surface area contributed by atoms with Gasteiger partial charge >= 0.3 is 0 Å². The van der Waals surface area contributed by atoms with E-state index in [2.05, 4.69) is 30.3 Å². The minimum atomic E-state index is -0.491. The summed E-state index contributed by atoms with van der Waals surface area (Å²) in [6.45, 7) is 1.08. The summed E-state index contributed by atoms with van der Waals surface area (Å²) in [6.07, 6.45) is 6.54. The minimum absolute atomic E-state index is 0.00252. The molecule has 0 aromatic heterocycles. The molecule has 27 heavy (non-hydrogen) atoms. The zero-order chi connectivity index (χ0) is 18.8. The fourth-order valence-corrected chi connectivity index (χ4v) is 5.12. The first-order valence-corrected chi connectivity index (χ1v) is 10.2. The third kappa shape index (κ3) is 3.37. The molecule has 0 radical (unpaired) electrons. The summed E-state index contributed by atoms with van der Waals surface area (Å²) < 4.78 is 5.35. The summed E-state index contributed by atoms with van der Waals surface area (Å²) in [4.78, 5) is 14.6. The number of carbonyl (C=O) groups is 1. The van der Waals surface area contributed by atoms with E-state index in [9.17, 15) is 15.2 Å². The van der Waals surface area contributed by atoms with Crippen LogP contribution in [0.15, 0.2) is 24.3 Å². The molecule has 1 aliphatic carbocycles. The summed E-state index contributed by atoms with van der Waals surface area (Å²) in [6, 6.07) is 10.1. The van der Waals surface area contributed by atoms with Crippen LogP contribution in [0.3, 0.4) is 0 Å². The zero-order valence-electron chi connectivity index (χ0n) is 15.7. The lowest BCUT2D eigenvalue weighted by Crippen LogP contribution is -2.66. The SMILES string of the molecule is N#C[C@H]1[C@@H](c2ccc(C3CCCC3)cc2)[C@@H](CO)N1C(=O)C1CCOCC1. The number of aliphatic hydroxyl groups excluding tert-OH is 1. The Kier molecular flexibility index (Phi) is 5.47. The second kappa shape index (κ2) is 8.00. The fourth-order valence-electron chi connectivity index (χ4n) is 5.12. The largest absolute Gasteiger partial charge is 0.394 e. The van der Waals surface area contributed by atoms with Crippen LogP contribution in [0, 0.1) is 17.2 Å². The highest BCUT2D eigenvalue weighted by molar-refractivity contribution is 5.81. The Bertz CT molecular complexity index is 699. The predicted molar refractivity (Wildman–Crippen MR) is 101 cm³/mol. The molecule has 1 aromatic rings. The highest BCUT2D eigenvalue weighted by Crippen LogP contribution is 2.43. The Morgan fingerprint density at radius 1 is 1.11 bits per heavy atom. The van der Waals surface area contributed by atoms with E-state index >= 15 is 0 Å². The molecule has 1 saturated carbocycles. The molecule has 2 heterocycles. The number of aliphatic hydroxyl groups is 1. The zero-order valence-corrected chi connectivity index (χ0v) is 15.7. The topological polar surface area (TPSA) is 73.6 Å². The third-order valence-electron chi connectivity index (χ3n) is 6.70. The molecule has 144 valence electrons. The van der Waals surface area contributed by atoms with Crippen molar-refractivity contribution in [1.29, 1.82) is 5.26 Å². The van der Waals surface area contributed by atoms with Crippen LogP contribution >= 0.6 is 0 Å². The molecule has 1 aromatic carbocycles. The number of nitrogens with zero attached hydrogens (tertiary/aromatic N) is 2. The molecule has 5 nitrogen and oxygen atoms in total. The quantitative estimate of drug-likeness (QED) is 0.887. The molecule has 1 amide bonds. The van der Waals surface area contributed by atoms with E-state index in [1.807, 2.05) is 0 Å². The molecular weight excluding hydrogens is 340 g/mol. The van der Waals surface area contributed by atoms with Gasteiger partial charge in [-0.2, -0.15) is 5.26 Å². The molecule has 0 unspecified atom stereocenters. The van der Waals surface area contributed by atoms with Crippen LogP contribution in [-0.2, 0) is 9.53 Å². The first kappa shape index (κ1) is 18.5. The lowest BCUT2D eigenvalue weighted by Gasteiger charge is -2.52. The molecular formula is C22H28N2O3. The van der Waals surface area contributed by atoms with Gasteiger partial charge in [0.15, 0.2) is 0 Å². The Morgan fingerprint density at radius 2 is 1.74 bits per heavy atom. The standard InChI is InChI=1S/C22H28N2O3/c23-13-19-21(17-7-5-16(6-8-17)15-3-1-2-4-15)20(14-25)24(19)22(26)18-9-11-27-12-10-18/h5-8,15,18-21,25H,1-4,9-12,14H2/t19-,20+,21+/m0/s1. The van der Waals surface area contributed by atoms with Gasteiger partial charge in [0.1, 0.15) is 6.04 Å². The van der Waals surface area contributed by atoms with Crippen LogP contribution < -0.4 is 0 Å². The van der Waals surface area contributed by atoms with Crippen molar-refractivity contribution in [2.45, 2.75) is 62.4 Å². The van der Waals surface area contributed by atoms with Crippen LogP contribution in [0.5, 0.6) is 0 Å². The second-order valence-electron chi connectivity index (χ2n) is 8.13. The average Bonchev–Trinajstić information content (AvgIpc) is 3.24. The van der Waals surface area contributed by atoms with Crippen LogP contribution in [-0.4, -0.2) is 47.8 Å². The van der Waals surface area contributed by atoms with Crippen LogP contribution in [0.1, 0.15) is 61.5 Å². The maximum atomic E-state index is 12.9. The number of amides is 1. The molecule has 3 fully saturated rings. The van der Waals surface area contributed by atoms with Gasteiger partial charge in [0.05, 0.1) is 18.7 Å². The number of rotatable bonds is 4. The van der Waals surface area contributed by atoms with Crippen molar-refractivity contribution in [2.24, 2.45) is 5.92 Å². The Balaban J connectivity index is 1.50. The maximum Gasteiger partial charge on any atom is 0.227 e. The normalized spacial score (nSPS) is 29.3. The summed E-state index contributed by atoms with van der Waals surface area (Å²) in [5.41, 5.74) is 2.43. The molecule has 0 spiro atoms. The summed E-state index contributed by atoms with van der Waals surface area (Å²) in [5.74, 6) is 0.464. The van der Waals surface area contributed by atoms with Gasteiger partial charge < -0.3 is 14.7 Å². The molecule has 3 atom stereocenters. The fraction of sp³-hybridized carbons (Fsp3) is 0.636. The van der Waals surface area contributed by atoms with Crippen LogP contribution in [0.4, 0.5) is 0 Å². The first-order valence-electron chi connectivity index (χ1n) is 10.2. The van der Waals surface area contributed by atoms with Crippen molar-refractivity contribution >= 4 is 5.91 Å². The number of carbonyl (C=O) groups excluding carboxylic acids is 1. The lowest BCUT2D eigenvalue weighted by atomic mass is 9.74. The van der Waals surface area contributed by atoms with Crippen molar-refractivity contribution in [2.75, 3.05) is 19.8 Å². The second-order valence-corrected chi connectivity index (χ2v) is 8.13.